The van der Waals surface area contributed by atoms with Gasteiger partial charge < -0.3 is 10.6 Å². The number of likely N-dealkylation sites (tertiary alicyclic amines) is 1. The SMILES string of the molecule is CC(=O)Nc1ccccc1NC1CCN(Cc2ccccc2)C1. The van der Waals surface area contributed by atoms with Crippen LogP contribution in [-0.2, 0) is 11.3 Å². The molecule has 0 aliphatic carbocycles. The fourth-order valence-electron chi connectivity index (χ4n) is 3.06. The maximum Gasteiger partial charge on any atom is 0.221 e. The number of benzene rings is 2. The zero-order chi connectivity index (χ0) is 16.1. The highest BCUT2D eigenvalue weighted by Gasteiger charge is 2.22. The number of carbonyl (C=O) groups excluding carboxylic acids is 1. The minimum Gasteiger partial charge on any atom is -0.379 e. The van der Waals surface area contributed by atoms with E-state index in [1.54, 1.807) is 0 Å². The van der Waals surface area contributed by atoms with Crippen LogP contribution in [0.25, 0.3) is 0 Å². The van der Waals surface area contributed by atoms with Crippen molar-refractivity contribution in [3.05, 3.63) is 60.2 Å². The summed E-state index contributed by atoms with van der Waals surface area (Å²) in [4.78, 5) is 13.8. The van der Waals surface area contributed by atoms with E-state index in [2.05, 4.69) is 45.9 Å². The van der Waals surface area contributed by atoms with Gasteiger partial charge in [0.25, 0.3) is 0 Å². The lowest BCUT2D eigenvalue weighted by molar-refractivity contribution is -0.114. The van der Waals surface area contributed by atoms with Gasteiger partial charge in [0.2, 0.25) is 5.91 Å². The van der Waals surface area contributed by atoms with Crippen LogP contribution in [0.1, 0.15) is 18.9 Å². The first-order chi connectivity index (χ1) is 11.2. The monoisotopic (exact) mass is 309 g/mol. The molecule has 1 aliphatic heterocycles. The third kappa shape index (κ3) is 4.33. The molecular weight excluding hydrogens is 286 g/mol. The highest BCUT2D eigenvalue weighted by Crippen LogP contribution is 2.24. The molecule has 0 bridgehead atoms. The molecule has 1 amide bonds. The maximum atomic E-state index is 11.3. The highest BCUT2D eigenvalue weighted by molar-refractivity contribution is 5.92. The van der Waals surface area contributed by atoms with Gasteiger partial charge in [0, 0.05) is 32.6 Å². The molecule has 0 saturated carbocycles. The average molecular weight is 309 g/mol. The molecule has 0 radical (unpaired) electrons. The Morgan fingerprint density at radius 3 is 2.52 bits per heavy atom. The maximum absolute atomic E-state index is 11.3. The molecule has 0 spiro atoms. The molecule has 3 rings (SSSR count). The predicted octanol–water partition coefficient (Wildman–Crippen LogP) is 3.33. The summed E-state index contributed by atoms with van der Waals surface area (Å²) in [5.74, 6) is -0.0450. The summed E-state index contributed by atoms with van der Waals surface area (Å²) in [6.45, 7) is 4.64. The van der Waals surface area contributed by atoms with E-state index in [9.17, 15) is 4.79 Å². The quantitative estimate of drug-likeness (QED) is 0.890. The van der Waals surface area contributed by atoms with E-state index in [-0.39, 0.29) is 5.91 Å². The van der Waals surface area contributed by atoms with Crippen LogP contribution in [0.4, 0.5) is 11.4 Å². The summed E-state index contributed by atoms with van der Waals surface area (Å²) < 4.78 is 0. The second-order valence-corrected chi connectivity index (χ2v) is 6.08. The van der Waals surface area contributed by atoms with Crippen molar-refractivity contribution < 1.29 is 4.79 Å². The molecular formula is C19H23N3O. The summed E-state index contributed by atoms with van der Waals surface area (Å²) in [7, 11) is 0. The Balaban J connectivity index is 1.59. The summed E-state index contributed by atoms with van der Waals surface area (Å²) in [6.07, 6.45) is 1.11. The minimum absolute atomic E-state index is 0.0450. The van der Waals surface area contributed by atoms with Gasteiger partial charge in [0.05, 0.1) is 11.4 Å². The van der Waals surface area contributed by atoms with Gasteiger partial charge in [-0.05, 0) is 24.1 Å². The molecule has 0 aromatic heterocycles. The van der Waals surface area contributed by atoms with Crippen molar-refractivity contribution in [2.45, 2.75) is 25.9 Å². The third-order valence-electron chi connectivity index (χ3n) is 4.12. The lowest BCUT2D eigenvalue weighted by atomic mass is 10.2. The Labute approximate surface area is 137 Å². The molecule has 120 valence electrons. The first kappa shape index (κ1) is 15.6. The van der Waals surface area contributed by atoms with Crippen LogP contribution in [0, 0.1) is 0 Å². The molecule has 4 nitrogen and oxygen atoms in total. The number of nitrogens with one attached hydrogen (secondary N) is 2. The molecule has 1 atom stereocenters. The number of nitrogens with zero attached hydrogens (tertiary/aromatic N) is 1. The van der Waals surface area contributed by atoms with Gasteiger partial charge in [-0.15, -0.1) is 0 Å². The van der Waals surface area contributed by atoms with Crippen LogP contribution in [-0.4, -0.2) is 29.9 Å². The molecule has 2 aromatic rings. The molecule has 1 aliphatic rings. The summed E-state index contributed by atoms with van der Waals surface area (Å²) >= 11 is 0. The van der Waals surface area contributed by atoms with Crippen molar-refractivity contribution in [3.8, 4) is 0 Å². The molecule has 4 heteroatoms. The number of anilines is 2. The third-order valence-corrected chi connectivity index (χ3v) is 4.12. The summed E-state index contributed by atoms with van der Waals surface area (Å²) in [5, 5.41) is 6.46. The molecule has 1 fully saturated rings. The fraction of sp³-hybridized carbons (Fsp3) is 0.316. The highest BCUT2D eigenvalue weighted by atomic mass is 16.1. The van der Waals surface area contributed by atoms with E-state index < -0.39 is 0 Å². The van der Waals surface area contributed by atoms with Crippen LogP contribution in [0.3, 0.4) is 0 Å². The molecule has 1 heterocycles. The van der Waals surface area contributed by atoms with Gasteiger partial charge in [-0.2, -0.15) is 0 Å². The second-order valence-electron chi connectivity index (χ2n) is 6.08. The number of carbonyl (C=O) groups is 1. The van der Waals surface area contributed by atoms with Gasteiger partial charge in [-0.3, -0.25) is 9.69 Å². The van der Waals surface area contributed by atoms with Gasteiger partial charge in [0.15, 0.2) is 0 Å². The van der Waals surface area contributed by atoms with Crippen LogP contribution in [0.15, 0.2) is 54.6 Å². The lowest BCUT2D eigenvalue weighted by Crippen LogP contribution is -2.26. The number of para-hydroxylation sites is 2. The number of rotatable bonds is 5. The van der Waals surface area contributed by atoms with Crippen LogP contribution >= 0.6 is 0 Å². The molecule has 2 N–H and O–H groups in total. The first-order valence-corrected chi connectivity index (χ1v) is 8.10. The predicted molar refractivity (Wildman–Crippen MR) is 94.5 cm³/mol. The normalized spacial score (nSPS) is 17.9. The van der Waals surface area contributed by atoms with Crippen LogP contribution in [0.2, 0.25) is 0 Å². The average Bonchev–Trinajstić information content (AvgIpc) is 2.97. The van der Waals surface area contributed by atoms with E-state index in [4.69, 9.17) is 0 Å². The summed E-state index contributed by atoms with van der Waals surface area (Å²) in [6, 6.07) is 18.9. The number of hydrogen-bond acceptors (Lipinski definition) is 3. The van der Waals surface area contributed by atoms with Crippen molar-refractivity contribution in [2.24, 2.45) is 0 Å². The summed E-state index contributed by atoms with van der Waals surface area (Å²) in [5.41, 5.74) is 3.20. The molecule has 2 aromatic carbocycles. The first-order valence-electron chi connectivity index (χ1n) is 8.10. The second kappa shape index (κ2) is 7.29. The van der Waals surface area contributed by atoms with Crippen molar-refractivity contribution >= 4 is 17.3 Å². The zero-order valence-electron chi connectivity index (χ0n) is 13.5. The van der Waals surface area contributed by atoms with E-state index >= 15 is 0 Å². The van der Waals surface area contributed by atoms with E-state index in [1.165, 1.54) is 12.5 Å². The van der Waals surface area contributed by atoms with Gasteiger partial charge in [-0.1, -0.05) is 42.5 Å². The smallest absolute Gasteiger partial charge is 0.221 e. The van der Waals surface area contributed by atoms with Gasteiger partial charge in [0.1, 0.15) is 0 Å². The Morgan fingerprint density at radius 1 is 1.09 bits per heavy atom. The Bertz CT molecular complexity index is 657. The lowest BCUT2D eigenvalue weighted by Gasteiger charge is -2.19. The largest absolute Gasteiger partial charge is 0.379 e. The topological polar surface area (TPSA) is 44.4 Å². The molecule has 1 saturated heterocycles. The fourth-order valence-corrected chi connectivity index (χ4v) is 3.06. The minimum atomic E-state index is -0.0450. The van der Waals surface area contributed by atoms with Crippen LogP contribution < -0.4 is 10.6 Å². The van der Waals surface area contributed by atoms with Crippen molar-refractivity contribution in [1.82, 2.24) is 4.90 Å². The van der Waals surface area contributed by atoms with Crippen molar-refractivity contribution in [3.63, 3.8) is 0 Å². The van der Waals surface area contributed by atoms with Gasteiger partial charge >= 0.3 is 0 Å². The number of hydrogen-bond donors (Lipinski definition) is 2. The van der Waals surface area contributed by atoms with Crippen molar-refractivity contribution in [2.75, 3.05) is 23.7 Å². The van der Waals surface area contributed by atoms with E-state index in [0.717, 1.165) is 37.4 Å². The number of amides is 1. The molecule has 23 heavy (non-hydrogen) atoms. The van der Waals surface area contributed by atoms with Crippen molar-refractivity contribution in [1.29, 1.82) is 0 Å². The Morgan fingerprint density at radius 2 is 1.78 bits per heavy atom. The Kier molecular flexibility index (Phi) is 4.93. The van der Waals surface area contributed by atoms with E-state index in [1.807, 2.05) is 24.3 Å². The molecule has 1 unspecified atom stereocenters. The van der Waals surface area contributed by atoms with E-state index in [0.29, 0.717) is 6.04 Å². The zero-order valence-corrected chi connectivity index (χ0v) is 13.5. The Hall–Kier alpha value is -2.33. The van der Waals surface area contributed by atoms with Crippen LogP contribution in [0.5, 0.6) is 0 Å². The van der Waals surface area contributed by atoms with Gasteiger partial charge in [-0.25, -0.2) is 0 Å². The standard InChI is InChI=1S/C19H23N3O/c1-15(23)20-18-9-5-6-10-19(18)21-17-11-12-22(14-17)13-16-7-3-2-4-8-16/h2-10,17,21H,11-14H2,1H3,(H,20,23).